The van der Waals surface area contributed by atoms with Crippen molar-refractivity contribution < 1.29 is 9.53 Å². The summed E-state index contributed by atoms with van der Waals surface area (Å²) in [6.07, 6.45) is 0. The molecule has 0 aromatic heterocycles. The Labute approximate surface area is 130 Å². The van der Waals surface area contributed by atoms with Gasteiger partial charge in [0.2, 0.25) is 0 Å². The van der Waals surface area contributed by atoms with Gasteiger partial charge in [-0.3, -0.25) is 0 Å². The van der Waals surface area contributed by atoms with Gasteiger partial charge in [-0.2, -0.15) is 0 Å². The lowest BCUT2D eigenvalue weighted by Crippen LogP contribution is -2.46. The highest BCUT2D eigenvalue weighted by Gasteiger charge is 2.33. The Morgan fingerprint density at radius 1 is 1.38 bits per heavy atom. The van der Waals surface area contributed by atoms with Gasteiger partial charge in [0.05, 0.1) is 18.2 Å². The van der Waals surface area contributed by atoms with Crippen molar-refractivity contribution >= 4 is 23.3 Å². The standard InChI is InChI=1S/C16H20N2O2S/c1-5-20-15(19)13-11(3)18(4)16(21)17-14(13)12-9-7-6-8-10(12)2/h6-9,14H,5H2,1-4H3,(H,17,21). The van der Waals surface area contributed by atoms with Crippen LogP contribution in [0.15, 0.2) is 35.5 Å². The average molecular weight is 304 g/mol. The van der Waals surface area contributed by atoms with Crippen molar-refractivity contribution in [2.45, 2.75) is 26.8 Å². The molecular formula is C16H20N2O2S. The molecule has 1 aromatic carbocycles. The summed E-state index contributed by atoms with van der Waals surface area (Å²) in [5.74, 6) is -0.301. The minimum Gasteiger partial charge on any atom is -0.463 e. The Morgan fingerprint density at radius 3 is 2.67 bits per heavy atom. The molecule has 4 nitrogen and oxygen atoms in total. The largest absolute Gasteiger partial charge is 0.463 e. The average Bonchev–Trinajstić information content (AvgIpc) is 2.45. The Kier molecular flexibility index (Phi) is 4.63. The summed E-state index contributed by atoms with van der Waals surface area (Å²) >= 11 is 5.36. The first-order valence-corrected chi connectivity index (χ1v) is 7.35. The molecule has 0 saturated carbocycles. The van der Waals surface area contributed by atoms with Crippen molar-refractivity contribution in [1.29, 1.82) is 0 Å². The van der Waals surface area contributed by atoms with Crippen LogP contribution in [0.1, 0.15) is 31.0 Å². The minimum absolute atomic E-state index is 0.269. The number of ether oxygens (including phenoxy) is 1. The lowest BCUT2D eigenvalue weighted by Gasteiger charge is -2.35. The summed E-state index contributed by atoms with van der Waals surface area (Å²) in [4.78, 5) is 14.2. The molecule has 2 rings (SSSR count). The van der Waals surface area contributed by atoms with Crippen LogP contribution in [-0.4, -0.2) is 29.6 Å². The molecule has 1 heterocycles. The number of thiocarbonyl (C=S) groups is 1. The zero-order valence-corrected chi connectivity index (χ0v) is 13.6. The van der Waals surface area contributed by atoms with Gasteiger partial charge in [0.15, 0.2) is 5.11 Å². The summed E-state index contributed by atoms with van der Waals surface area (Å²) in [5, 5.41) is 3.85. The lowest BCUT2D eigenvalue weighted by atomic mass is 9.92. The van der Waals surface area contributed by atoms with Crippen LogP contribution >= 0.6 is 12.2 Å². The summed E-state index contributed by atoms with van der Waals surface area (Å²) < 4.78 is 5.22. The molecule has 0 spiro atoms. The van der Waals surface area contributed by atoms with E-state index < -0.39 is 0 Å². The van der Waals surface area contributed by atoms with Crippen LogP contribution in [-0.2, 0) is 9.53 Å². The molecule has 0 aliphatic carbocycles. The van der Waals surface area contributed by atoms with E-state index in [2.05, 4.69) is 5.32 Å². The maximum Gasteiger partial charge on any atom is 0.338 e. The molecular weight excluding hydrogens is 284 g/mol. The monoisotopic (exact) mass is 304 g/mol. The Hall–Kier alpha value is -1.88. The van der Waals surface area contributed by atoms with Gasteiger partial charge in [0.1, 0.15) is 0 Å². The molecule has 1 aliphatic rings. The van der Waals surface area contributed by atoms with Crippen LogP contribution < -0.4 is 5.32 Å². The first kappa shape index (κ1) is 15.5. The number of benzene rings is 1. The highest BCUT2D eigenvalue weighted by Crippen LogP contribution is 2.32. The first-order chi connectivity index (χ1) is 9.97. The Balaban J connectivity index is 2.54. The Morgan fingerprint density at radius 2 is 2.05 bits per heavy atom. The van der Waals surface area contributed by atoms with Gasteiger partial charge in [-0.15, -0.1) is 0 Å². The number of nitrogens with one attached hydrogen (secondary N) is 1. The predicted octanol–water partition coefficient (Wildman–Crippen LogP) is 2.69. The van der Waals surface area contributed by atoms with Crippen LogP contribution in [0, 0.1) is 6.92 Å². The molecule has 1 aromatic rings. The van der Waals surface area contributed by atoms with Crippen molar-refractivity contribution in [3.63, 3.8) is 0 Å². The van der Waals surface area contributed by atoms with E-state index in [4.69, 9.17) is 17.0 Å². The number of hydrogen-bond acceptors (Lipinski definition) is 3. The van der Waals surface area contributed by atoms with Crippen molar-refractivity contribution in [1.82, 2.24) is 10.2 Å². The second-order valence-corrected chi connectivity index (χ2v) is 5.40. The van der Waals surface area contributed by atoms with Gasteiger partial charge in [-0.1, -0.05) is 24.3 Å². The Bertz CT molecular complexity index is 610. The maximum absolute atomic E-state index is 12.4. The second-order valence-electron chi connectivity index (χ2n) is 5.02. The van der Waals surface area contributed by atoms with Gasteiger partial charge >= 0.3 is 5.97 Å². The molecule has 112 valence electrons. The van der Waals surface area contributed by atoms with E-state index in [-0.39, 0.29) is 12.0 Å². The number of aryl methyl sites for hydroxylation is 1. The topological polar surface area (TPSA) is 41.6 Å². The molecule has 5 heteroatoms. The molecule has 0 bridgehead atoms. The van der Waals surface area contributed by atoms with E-state index in [0.717, 1.165) is 16.8 Å². The molecule has 1 unspecified atom stereocenters. The van der Waals surface area contributed by atoms with Gasteiger partial charge in [0.25, 0.3) is 0 Å². The van der Waals surface area contributed by atoms with Gasteiger partial charge in [-0.05, 0) is 44.1 Å². The fourth-order valence-corrected chi connectivity index (χ4v) is 2.71. The fraction of sp³-hybridized carbons (Fsp3) is 0.375. The third kappa shape index (κ3) is 2.93. The molecule has 1 aliphatic heterocycles. The molecule has 0 saturated heterocycles. The number of nitrogens with zero attached hydrogens (tertiary/aromatic N) is 1. The SMILES string of the molecule is CCOC(=O)C1=C(C)N(C)C(=S)NC1c1ccccc1C. The van der Waals surface area contributed by atoms with Crippen molar-refractivity contribution in [2.75, 3.05) is 13.7 Å². The smallest absolute Gasteiger partial charge is 0.338 e. The summed E-state index contributed by atoms with van der Waals surface area (Å²) in [5.41, 5.74) is 3.58. The normalized spacial score (nSPS) is 18.6. The predicted molar refractivity (Wildman–Crippen MR) is 86.7 cm³/mol. The number of esters is 1. The van der Waals surface area contributed by atoms with E-state index >= 15 is 0 Å². The van der Waals surface area contributed by atoms with Crippen molar-refractivity contribution in [3.05, 3.63) is 46.7 Å². The van der Waals surface area contributed by atoms with Crippen LogP contribution in [0.2, 0.25) is 0 Å². The fourth-order valence-electron chi connectivity index (χ4n) is 2.45. The van der Waals surface area contributed by atoms with Crippen LogP contribution in [0.5, 0.6) is 0 Å². The number of carbonyl (C=O) groups excluding carboxylic acids is 1. The van der Waals surface area contributed by atoms with Crippen LogP contribution in [0.25, 0.3) is 0 Å². The highest BCUT2D eigenvalue weighted by atomic mass is 32.1. The number of carbonyl (C=O) groups is 1. The van der Waals surface area contributed by atoms with Crippen LogP contribution in [0.3, 0.4) is 0 Å². The minimum atomic E-state index is -0.301. The number of allylic oxidation sites excluding steroid dienone is 1. The third-order valence-corrected chi connectivity index (χ3v) is 4.14. The van der Waals surface area contributed by atoms with E-state index in [1.54, 1.807) is 11.8 Å². The molecule has 21 heavy (non-hydrogen) atoms. The highest BCUT2D eigenvalue weighted by molar-refractivity contribution is 7.80. The van der Waals surface area contributed by atoms with E-state index in [1.165, 1.54) is 0 Å². The molecule has 0 amide bonds. The lowest BCUT2D eigenvalue weighted by molar-refractivity contribution is -0.139. The zero-order valence-electron chi connectivity index (χ0n) is 12.8. The van der Waals surface area contributed by atoms with Gasteiger partial charge in [-0.25, -0.2) is 4.79 Å². The quantitative estimate of drug-likeness (QED) is 0.687. The second kappa shape index (κ2) is 6.26. The number of hydrogen-bond donors (Lipinski definition) is 1. The van der Waals surface area contributed by atoms with Crippen molar-refractivity contribution in [2.24, 2.45) is 0 Å². The third-order valence-electron chi connectivity index (χ3n) is 3.75. The molecule has 0 fully saturated rings. The summed E-state index contributed by atoms with van der Waals surface area (Å²) in [7, 11) is 1.85. The molecule has 1 N–H and O–H groups in total. The van der Waals surface area contributed by atoms with E-state index in [0.29, 0.717) is 17.3 Å². The first-order valence-electron chi connectivity index (χ1n) is 6.95. The van der Waals surface area contributed by atoms with Gasteiger partial charge in [0, 0.05) is 12.7 Å². The summed E-state index contributed by atoms with van der Waals surface area (Å²) in [6.45, 7) is 6.08. The van der Waals surface area contributed by atoms with E-state index in [1.807, 2.05) is 45.2 Å². The van der Waals surface area contributed by atoms with Gasteiger partial charge < -0.3 is 15.0 Å². The van der Waals surface area contributed by atoms with E-state index in [9.17, 15) is 4.79 Å². The summed E-state index contributed by atoms with van der Waals surface area (Å²) in [6, 6.07) is 7.70. The molecule has 1 atom stereocenters. The zero-order chi connectivity index (χ0) is 15.6. The van der Waals surface area contributed by atoms with Crippen LogP contribution in [0.4, 0.5) is 0 Å². The van der Waals surface area contributed by atoms with Crippen molar-refractivity contribution in [3.8, 4) is 0 Å². The molecule has 0 radical (unpaired) electrons. The maximum atomic E-state index is 12.4. The number of rotatable bonds is 3.